The van der Waals surface area contributed by atoms with Gasteiger partial charge in [0.2, 0.25) is 0 Å². The topological polar surface area (TPSA) is 12.9 Å². The first-order valence-electron chi connectivity index (χ1n) is 13.2. The molecule has 0 radical (unpaired) electrons. The molecule has 1 aromatic heterocycles. The number of aromatic nitrogens is 1. The van der Waals surface area contributed by atoms with Gasteiger partial charge in [-0.2, -0.15) is 0 Å². The zero-order chi connectivity index (χ0) is 23.3. The molecule has 1 fully saturated rings. The Morgan fingerprint density at radius 1 is 1.00 bits per heavy atom. The van der Waals surface area contributed by atoms with Gasteiger partial charge in [0.05, 0.1) is 5.69 Å². The van der Waals surface area contributed by atoms with Crippen molar-refractivity contribution >= 4 is 5.57 Å². The molecule has 4 rings (SSSR count). The second-order valence-electron chi connectivity index (χ2n) is 10.4. The smallest absolute Gasteiger partial charge is 0.0671 e. The van der Waals surface area contributed by atoms with Crippen molar-refractivity contribution in [3.8, 4) is 11.1 Å². The van der Waals surface area contributed by atoms with Gasteiger partial charge in [-0.1, -0.05) is 99.7 Å². The van der Waals surface area contributed by atoms with Crippen molar-refractivity contribution < 1.29 is 0 Å². The molecule has 0 N–H and O–H groups in total. The quantitative estimate of drug-likeness (QED) is 0.391. The molecule has 1 heteroatoms. The zero-order valence-corrected chi connectivity index (χ0v) is 21.1. The molecule has 1 nitrogen and oxygen atoms in total. The normalized spacial score (nSPS) is 21.8. The van der Waals surface area contributed by atoms with E-state index in [1.165, 1.54) is 60.8 Å². The average Bonchev–Trinajstić information content (AvgIpc) is 2.88. The summed E-state index contributed by atoms with van der Waals surface area (Å²) in [6.07, 6.45) is 19.7. The van der Waals surface area contributed by atoms with Crippen LogP contribution in [-0.2, 0) is 0 Å². The fourth-order valence-corrected chi connectivity index (χ4v) is 5.96. The van der Waals surface area contributed by atoms with Crippen LogP contribution in [0, 0.1) is 17.3 Å². The summed E-state index contributed by atoms with van der Waals surface area (Å²) in [6.45, 7) is 9.42. The molecule has 1 aromatic carbocycles. The molecular weight excluding hydrogens is 398 g/mol. The fourth-order valence-electron chi connectivity index (χ4n) is 5.96. The van der Waals surface area contributed by atoms with Crippen molar-refractivity contribution in [1.82, 2.24) is 4.98 Å². The predicted molar refractivity (Wildman–Crippen MR) is 143 cm³/mol. The van der Waals surface area contributed by atoms with Gasteiger partial charge in [-0.05, 0) is 85.1 Å². The van der Waals surface area contributed by atoms with Gasteiger partial charge < -0.3 is 0 Å². The Kier molecular flexibility index (Phi) is 7.68. The third-order valence-electron chi connectivity index (χ3n) is 8.23. The van der Waals surface area contributed by atoms with Gasteiger partial charge in [0.25, 0.3) is 0 Å². The summed E-state index contributed by atoms with van der Waals surface area (Å²) in [5.74, 6) is 1.24. The van der Waals surface area contributed by atoms with Crippen LogP contribution in [0.5, 0.6) is 0 Å². The number of hydrogen-bond acceptors (Lipinski definition) is 1. The van der Waals surface area contributed by atoms with Gasteiger partial charge in [0.15, 0.2) is 0 Å². The Labute approximate surface area is 201 Å². The van der Waals surface area contributed by atoms with Crippen LogP contribution >= 0.6 is 0 Å². The molecule has 0 bridgehead atoms. The molecule has 2 aliphatic rings. The van der Waals surface area contributed by atoms with E-state index in [1.807, 2.05) is 6.20 Å². The summed E-state index contributed by atoms with van der Waals surface area (Å²) in [4.78, 5) is 4.92. The molecule has 2 atom stereocenters. The summed E-state index contributed by atoms with van der Waals surface area (Å²) in [6, 6.07) is 15.2. The maximum Gasteiger partial charge on any atom is 0.0671 e. The van der Waals surface area contributed by atoms with Crippen molar-refractivity contribution in [3.05, 3.63) is 83.7 Å². The van der Waals surface area contributed by atoms with Gasteiger partial charge in [-0.3, -0.25) is 4.98 Å². The van der Waals surface area contributed by atoms with Crippen LogP contribution in [0.15, 0.2) is 78.0 Å². The van der Waals surface area contributed by atoms with E-state index in [9.17, 15) is 0 Å². The molecule has 2 aliphatic carbocycles. The number of allylic oxidation sites excluding steroid dienone is 6. The van der Waals surface area contributed by atoms with Crippen LogP contribution in [0.4, 0.5) is 0 Å². The van der Waals surface area contributed by atoms with Crippen LogP contribution in [0.2, 0.25) is 0 Å². The minimum Gasteiger partial charge on any atom is -0.257 e. The third kappa shape index (κ3) is 5.24. The molecule has 33 heavy (non-hydrogen) atoms. The van der Waals surface area contributed by atoms with E-state index in [-0.39, 0.29) is 5.41 Å². The Morgan fingerprint density at radius 3 is 2.45 bits per heavy atom. The van der Waals surface area contributed by atoms with Crippen LogP contribution < -0.4 is 0 Å². The molecule has 174 valence electrons. The molecule has 0 saturated heterocycles. The molecular formula is C32H41N. The first-order valence-corrected chi connectivity index (χ1v) is 13.2. The van der Waals surface area contributed by atoms with E-state index < -0.39 is 0 Å². The van der Waals surface area contributed by atoms with Gasteiger partial charge in [-0.25, -0.2) is 0 Å². The third-order valence-corrected chi connectivity index (χ3v) is 8.23. The molecule has 0 amide bonds. The van der Waals surface area contributed by atoms with Crippen molar-refractivity contribution in [1.29, 1.82) is 0 Å². The average molecular weight is 440 g/mol. The predicted octanol–water partition coefficient (Wildman–Crippen LogP) is 9.43. The first kappa shape index (κ1) is 23.7. The van der Waals surface area contributed by atoms with E-state index in [1.54, 1.807) is 5.57 Å². The van der Waals surface area contributed by atoms with Gasteiger partial charge in [0.1, 0.15) is 0 Å². The molecule has 0 spiro atoms. The SMILES string of the molecule is CCC=CC(C)(CC)C1CC(C2CCCCC2)=C(C)C=C1c1cc(-c2ccccc2)ccn1. The lowest BCUT2D eigenvalue weighted by Gasteiger charge is -2.41. The Hall–Kier alpha value is -2.41. The van der Waals surface area contributed by atoms with E-state index in [0.29, 0.717) is 5.92 Å². The minimum atomic E-state index is 0.132. The highest BCUT2D eigenvalue weighted by Crippen LogP contribution is 2.50. The molecule has 0 aliphatic heterocycles. The van der Waals surface area contributed by atoms with E-state index in [0.717, 1.165) is 24.5 Å². The first-order chi connectivity index (χ1) is 16.1. The minimum absolute atomic E-state index is 0.132. The number of pyridine rings is 1. The summed E-state index contributed by atoms with van der Waals surface area (Å²) < 4.78 is 0. The van der Waals surface area contributed by atoms with E-state index in [4.69, 9.17) is 4.98 Å². The molecule has 2 unspecified atom stereocenters. The van der Waals surface area contributed by atoms with Crippen LogP contribution in [-0.4, -0.2) is 4.98 Å². The molecule has 1 saturated carbocycles. The number of benzene rings is 1. The zero-order valence-electron chi connectivity index (χ0n) is 21.1. The van der Waals surface area contributed by atoms with Crippen molar-refractivity contribution in [2.75, 3.05) is 0 Å². The highest BCUT2D eigenvalue weighted by Gasteiger charge is 2.38. The van der Waals surface area contributed by atoms with Gasteiger partial charge in [-0.15, -0.1) is 0 Å². The Balaban J connectivity index is 1.80. The molecule has 2 aromatic rings. The van der Waals surface area contributed by atoms with Gasteiger partial charge in [0, 0.05) is 6.20 Å². The second kappa shape index (κ2) is 10.7. The van der Waals surface area contributed by atoms with Crippen molar-refractivity contribution in [3.63, 3.8) is 0 Å². The summed E-state index contributed by atoms with van der Waals surface area (Å²) in [5.41, 5.74) is 8.44. The van der Waals surface area contributed by atoms with Crippen LogP contribution in [0.25, 0.3) is 16.7 Å². The van der Waals surface area contributed by atoms with Gasteiger partial charge >= 0.3 is 0 Å². The highest BCUT2D eigenvalue weighted by molar-refractivity contribution is 5.75. The number of nitrogens with zero attached hydrogens (tertiary/aromatic N) is 1. The second-order valence-corrected chi connectivity index (χ2v) is 10.4. The summed E-state index contributed by atoms with van der Waals surface area (Å²) in [5, 5.41) is 0. The molecule has 1 heterocycles. The maximum absolute atomic E-state index is 4.92. The van der Waals surface area contributed by atoms with Crippen LogP contribution in [0.3, 0.4) is 0 Å². The van der Waals surface area contributed by atoms with Crippen molar-refractivity contribution in [2.24, 2.45) is 17.3 Å². The largest absolute Gasteiger partial charge is 0.257 e. The lowest BCUT2D eigenvalue weighted by molar-refractivity contribution is 0.284. The number of rotatable bonds is 7. The number of hydrogen-bond donors (Lipinski definition) is 0. The standard InChI is InChI=1S/C32H41N/c1-5-7-19-32(4,6-2)30-23-28(26-16-12-9-13-17-26)24(3)21-29(30)31-22-27(18-20-33-31)25-14-10-8-11-15-25/h7-8,10-11,14-15,18-22,26,30H,5-6,9,12-13,16-17,23H2,1-4H3. The maximum atomic E-state index is 4.92. The highest BCUT2D eigenvalue weighted by atomic mass is 14.7. The summed E-state index contributed by atoms with van der Waals surface area (Å²) >= 11 is 0. The Bertz CT molecular complexity index is 1020. The monoisotopic (exact) mass is 439 g/mol. The fraction of sp³-hybridized carbons (Fsp3) is 0.469. The summed E-state index contributed by atoms with van der Waals surface area (Å²) in [7, 11) is 0. The van der Waals surface area contributed by atoms with E-state index in [2.05, 4.69) is 88.4 Å². The lowest BCUT2D eigenvalue weighted by atomic mass is 9.63. The Morgan fingerprint density at radius 2 is 1.76 bits per heavy atom. The van der Waals surface area contributed by atoms with Crippen LogP contribution in [0.1, 0.15) is 84.8 Å². The van der Waals surface area contributed by atoms with Crippen molar-refractivity contribution in [2.45, 2.75) is 79.1 Å². The lowest BCUT2D eigenvalue weighted by Crippen LogP contribution is -2.30. The van der Waals surface area contributed by atoms with E-state index >= 15 is 0 Å².